The number of allylic oxidation sites excluding steroid dienone is 2. The average Bonchev–Trinajstić information content (AvgIpc) is 3.42. The van der Waals surface area contributed by atoms with Gasteiger partial charge in [-0.1, -0.05) is 187 Å². The van der Waals surface area contributed by atoms with Crippen LogP contribution in [0.4, 0.5) is 0 Å². The van der Waals surface area contributed by atoms with Crippen LogP contribution in [0.5, 0.6) is 0 Å². The van der Waals surface area contributed by atoms with Crippen LogP contribution in [-0.2, 0) is 33.2 Å². The standard InChI is InChI=1S/C58H109NO18/c1-3-5-7-9-11-13-15-17-19-20-21-22-24-26-28-30-32-34-36-46(64)59-41(42(63)35-33-31-29-27-25-23-18-16-14-12-10-8-6-4-2)40-72-56-52(70)49(67)54(44(38-61)74-56)77-58-53(71)50(68)55(45(39-62)75-58)76-57-51(69)48(66)47(65)43(37-60)73-57/h19-20,41-45,47-58,60-63,65-71H,3-18,21-40H2,1-2H3,(H,59,64)/b20-19-. The SMILES string of the molecule is CCCCCCCCC/C=C\CCCCCCCCCC(=O)NC(COC1OC(CO)C(OC2OC(CO)C(OC3OC(CO)C(O)C(O)C3O)C(O)C2O)C(O)C1O)C(O)CCCCCCCCCCCCCCCC. The number of nitrogens with one attached hydrogen (secondary N) is 1. The maximum Gasteiger partial charge on any atom is 0.220 e. The zero-order chi connectivity index (χ0) is 56.2. The number of aliphatic hydroxyl groups is 11. The highest BCUT2D eigenvalue weighted by molar-refractivity contribution is 5.76. The number of unbranched alkanes of at least 4 members (excludes halogenated alkanes) is 27. The Labute approximate surface area is 461 Å². The molecular weight excluding hydrogens is 999 g/mol. The molecule has 0 saturated carbocycles. The zero-order valence-electron chi connectivity index (χ0n) is 47.2. The van der Waals surface area contributed by atoms with Crippen LogP contribution in [0.1, 0.15) is 219 Å². The first-order valence-corrected chi connectivity index (χ1v) is 30.4. The number of rotatable bonds is 45. The van der Waals surface area contributed by atoms with Crippen LogP contribution in [0.3, 0.4) is 0 Å². The summed E-state index contributed by atoms with van der Waals surface area (Å²) in [4.78, 5) is 13.3. The van der Waals surface area contributed by atoms with Gasteiger partial charge in [-0.15, -0.1) is 0 Å². The summed E-state index contributed by atoms with van der Waals surface area (Å²) < 4.78 is 34.3. The second kappa shape index (κ2) is 42.4. The lowest BCUT2D eigenvalue weighted by atomic mass is 9.96. The minimum absolute atomic E-state index is 0.246. The summed E-state index contributed by atoms with van der Waals surface area (Å²) >= 11 is 0. The maximum absolute atomic E-state index is 13.3. The Morgan fingerprint density at radius 2 is 0.818 bits per heavy atom. The largest absolute Gasteiger partial charge is 0.394 e. The summed E-state index contributed by atoms with van der Waals surface area (Å²) in [5.41, 5.74) is 0. The van der Waals surface area contributed by atoms with E-state index in [-0.39, 0.29) is 18.9 Å². The fourth-order valence-electron chi connectivity index (χ4n) is 10.5. The summed E-state index contributed by atoms with van der Waals surface area (Å²) in [7, 11) is 0. The van der Waals surface area contributed by atoms with Crippen LogP contribution in [-0.4, -0.2) is 193 Å². The minimum atomic E-state index is -1.97. The molecule has 0 aromatic carbocycles. The molecule has 19 nitrogen and oxygen atoms in total. The lowest BCUT2D eigenvalue weighted by Crippen LogP contribution is -2.66. The minimum Gasteiger partial charge on any atom is -0.394 e. The van der Waals surface area contributed by atoms with Crippen molar-refractivity contribution in [2.24, 2.45) is 0 Å². The first-order chi connectivity index (χ1) is 37.3. The third-order valence-corrected chi connectivity index (χ3v) is 15.6. The van der Waals surface area contributed by atoms with E-state index in [1.807, 2.05) is 0 Å². The Morgan fingerprint density at radius 3 is 1.26 bits per heavy atom. The Bertz CT molecular complexity index is 1460. The van der Waals surface area contributed by atoms with Gasteiger partial charge in [0.15, 0.2) is 18.9 Å². The number of hydrogen-bond donors (Lipinski definition) is 12. The van der Waals surface area contributed by atoms with Crippen LogP contribution < -0.4 is 5.32 Å². The predicted molar refractivity (Wildman–Crippen MR) is 291 cm³/mol. The van der Waals surface area contributed by atoms with Gasteiger partial charge in [-0.25, -0.2) is 0 Å². The van der Waals surface area contributed by atoms with Crippen LogP contribution in [0.25, 0.3) is 0 Å². The molecule has 0 aromatic heterocycles. The smallest absolute Gasteiger partial charge is 0.220 e. The summed E-state index contributed by atoms with van der Waals surface area (Å²) in [6.07, 6.45) is 14.3. The zero-order valence-corrected chi connectivity index (χ0v) is 47.2. The molecule has 3 aliphatic rings. The van der Waals surface area contributed by atoms with E-state index in [1.54, 1.807) is 0 Å². The quantitative estimate of drug-likeness (QED) is 0.0269. The van der Waals surface area contributed by atoms with Gasteiger partial charge in [0.2, 0.25) is 5.91 Å². The van der Waals surface area contributed by atoms with Gasteiger partial charge in [-0.2, -0.15) is 0 Å². The van der Waals surface area contributed by atoms with Crippen LogP contribution in [0, 0.1) is 0 Å². The van der Waals surface area contributed by atoms with Crippen molar-refractivity contribution in [2.75, 3.05) is 26.4 Å². The van der Waals surface area contributed by atoms with Gasteiger partial charge in [0.05, 0.1) is 38.6 Å². The Balaban J connectivity index is 1.49. The van der Waals surface area contributed by atoms with Gasteiger partial charge in [0, 0.05) is 6.42 Å². The highest BCUT2D eigenvalue weighted by atomic mass is 16.8. The first-order valence-electron chi connectivity index (χ1n) is 30.4. The van der Waals surface area contributed by atoms with Crippen LogP contribution >= 0.6 is 0 Å². The summed E-state index contributed by atoms with van der Waals surface area (Å²) in [6.45, 7) is 1.79. The van der Waals surface area contributed by atoms with E-state index in [0.717, 1.165) is 57.8 Å². The van der Waals surface area contributed by atoms with E-state index >= 15 is 0 Å². The van der Waals surface area contributed by atoms with Gasteiger partial charge in [-0.3, -0.25) is 4.79 Å². The average molecular weight is 1110 g/mol. The second-order valence-corrected chi connectivity index (χ2v) is 22.2. The molecule has 0 bridgehead atoms. The Morgan fingerprint density at radius 1 is 0.455 bits per heavy atom. The van der Waals surface area contributed by atoms with Crippen molar-refractivity contribution in [2.45, 2.75) is 324 Å². The Kier molecular flexibility index (Phi) is 38.4. The molecule has 0 spiro atoms. The molecule has 454 valence electrons. The molecule has 3 rings (SSSR count). The van der Waals surface area contributed by atoms with E-state index in [0.29, 0.717) is 12.8 Å². The maximum atomic E-state index is 13.3. The second-order valence-electron chi connectivity index (χ2n) is 22.2. The molecule has 0 aromatic rings. The van der Waals surface area contributed by atoms with E-state index in [4.69, 9.17) is 28.4 Å². The number of ether oxygens (including phenoxy) is 6. The van der Waals surface area contributed by atoms with Crippen molar-refractivity contribution >= 4 is 5.91 Å². The third-order valence-electron chi connectivity index (χ3n) is 15.6. The Hall–Kier alpha value is -1.47. The molecule has 12 N–H and O–H groups in total. The molecule has 0 aliphatic carbocycles. The van der Waals surface area contributed by atoms with Gasteiger partial charge < -0.3 is 89.9 Å². The molecule has 77 heavy (non-hydrogen) atoms. The third kappa shape index (κ3) is 26.5. The molecular formula is C58H109NO18. The monoisotopic (exact) mass is 1110 g/mol. The van der Waals surface area contributed by atoms with Crippen LogP contribution in [0.15, 0.2) is 12.2 Å². The van der Waals surface area contributed by atoms with E-state index in [9.17, 15) is 61.0 Å². The highest BCUT2D eigenvalue weighted by Gasteiger charge is 2.53. The summed E-state index contributed by atoms with van der Waals surface area (Å²) in [5, 5.41) is 120. The van der Waals surface area contributed by atoms with Gasteiger partial charge in [0.25, 0.3) is 0 Å². The molecule has 17 atom stereocenters. The van der Waals surface area contributed by atoms with Crippen molar-refractivity contribution in [1.29, 1.82) is 0 Å². The van der Waals surface area contributed by atoms with Crippen molar-refractivity contribution in [1.82, 2.24) is 5.32 Å². The molecule has 1 amide bonds. The molecule has 3 fully saturated rings. The fourth-order valence-corrected chi connectivity index (χ4v) is 10.5. The molecule has 3 saturated heterocycles. The van der Waals surface area contributed by atoms with E-state index in [1.165, 1.54) is 128 Å². The van der Waals surface area contributed by atoms with Gasteiger partial charge >= 0.3 is 0 Å². The molecule has 3 heterocycles. The molecule has 3 aliphatic heterocycles. The first kappa shape index (κ1) is 69.8. The number of aliphatic hydroxyl groups excluding tert-OH is 11. The fraction of sp³-hybridized carbons (Fsp3) is 0.948. The van der Waals surface area contributed by atoms with Crippen molar-refractivity contribution in [3.05, 3.63) is 12.2 Å². The number of amides is 1. The molecule has 19 heteroatoms. The normalized spacial score (nSPS) is 30.7. The highest BCUT2D eigenvalue weighted by Crippen LogP contribution is 2.33. The van der Waals surface area contributed by atoms with Gasteiger partial charge in [0.1, 0.15) is 73.2 Å². The lowest BCUT2D eigenvalue weighted by molar-refractivity contribution is -0.379. The van der Waals surface area contributed by atoms with E-state index in [2.05, 4.69) is 31.3 Å². The summed E-state index contributed by atoms with van der Waals surface area (Å²) in [6, 6.07) is -0.885. The van der Waals surface area contributed by atoms with Gasteiger partial charge in [-0.05, 0) is 38.5 Å². The lowest BCUT2D eigenvalue weighted by Gasteiger charge is -2.48. The number of carbonyl (C=O) groups is 1. The van der Waals surface area contributed by atoms with E-state index < -0.39 is 124 Å². The molecule has 0 radical (unpaired) electrons. The molecule has 17 unspecified atom stereocenters. The topological polar surface area (TPSA) is 307 Å². The van der Waals surface area contributed by atoms with Crippen molar-refractivity contribution in [3.8, 4) is 0 Å². The summed E-state index contributed by atoms with van der Waals surface area (Å²) in [5.74, 6) is -0.246. The number of carbonyl (C=O) groups excluding carboxylic acids is 1. The van der Waals surface area contributed by atoms with Crippen molar-refractivity contribution < 1.29 is 89.4 Å². The van der Waals surface area contributed by atoms with Crippen LogP contribution in [0.2, 0.25) is 0 Å². The number of hydrogen-bond acceptors (Lipinski definition) is 18. The van der Waals surface area contributed by atoms with Crippen molar-refractivity contribution in [3.63, 3.8) is 0 Å². The predicted octanol–water partition coefficient (Wildman–Crippen LogP) is 5.38.